The third kappa shape index (κ3) is 6.49. The Labute approximate surface area is 159 Å². The molecular formula is C21H27FN3O2+. The van der Waals surface area contributed by atoms with Crippen molar-refractivity contribution in [3.05, 3.63) is 71.0 Å². The highest BCUT2D eigenvalue weighted by molar-refractivity contribution is 5.94. The SMILES string of the molecule is CCCNC(=O)NC(=O)C[NH2+][C@@H](c1ccc(CC)cc1)c1cccc(F)c1. The van der Waals surface area contributed by atoms with Crippen molar-refractivity contribution in [2.75, 3.05) is 13.1 Å². The summed E-state index contributed by atoms with van der Waals surface area (Å²) in [4.78, 5) is 23.7. The van der Waals surface area contributed by atoms with Gasteiger partial charge in [0.2, 0.25) is 0 Å². The Morgan fingerprint density at radius 2 is 1.81 bits per heavy atom. The Hall–Kier alpha value is -2.73. The summed E-state index contributed by atoms with van der Waals surface area (Å²) in [5.41, 5.74) is 2.95. The highest BCUT2D eigenvalue weighted by Crippen LogP contribution is 2.20. The van der Waals surface area contributed by atoms with Gasteiger partial charge in [0.05, 0.1) is 0 Å². The Balaban J connectivity index is 2.10. The van der Waals surface area contributed by atoms with Gasteiger partial charge in [-0.25, -0.2) is 9.18 Å². The first-order valence-corrected chi connectivity index (χ1v) is 9.28. The number of urea groups is 1. The summed E-state index contributed by atoms with van der Waals surface area (Å²) < 4.78 is 13.7. The van der Waals surface area contributed by atoms with Crippen molar-refractivity contribution in [1.29, 1.82) is 0 Å². The second kappa shape index (κ2) is 10.4. The van der Waals surface area contributed by atoms with E-state index in [0.717, 1.165) is 24.0 Å². The van der Waals surface area contributed by atoms with Crippen molar-refractivity contribution in [3.63, 3.8) is 0 Å². The molecule has 2 rings (SSSR count). The second-order valence-electron chi connectivity index (χ2n) is 6.37. The molecular weight excluding hydrogens is 345 g/mol. The van der Waals surface area contributed by atoms with Gasteiger partial charge in [-0.2, -0.15) is 0 Å². The van der Waals surface area contributed by atoms with Crippen LogP contribution in [0, 0.1) is 5.82 Å². The molecule has 1 atom stereocenters. The van der Waals surface area contributed by atoms with E-state index in [4.69, 9.17) is 0 Å². The van der Waals surface area contributed by atoms with Gasteiger partial charge in [-0.05, 0) is 30.5 Å². The lowest BCUT2D eigenvalue weighted by Gasteiger charge is -2.17. The zero-order valence-corrected chi connectivity index (χ0v) is 15.8. The molecule has 0 aliphatic carbocycles. The highest BCUT2D eigenvalue weighted by atomic mass is 19.1. The van der Waals surface area contributed by atoms with Gasteiger partial charge in [0.15, 0.2) is 6.54 Å². The normalized spacial score (nSPS) is 11.7. The topological polar surface area (TPSA) is 74.8 Å². The summed E-state index contributed by atoms with van der Waals surface area (Å²) in [6, 6.07) is 13.7. The number of nitrogens with two attached hydrogens (primary N) is 1. The van der Waals surface area contributed by atoms with E-state index in [1.54, 1.807) is 11.4 Å². The first-order valence-electron chi connectivity index (χ1n) is 9.28. The molecule has 2 aromatic carbocycles. The van der Waals surface area contributed by atoms with Crippen LogP contribution in [0.2, 0.25) is 0 Å². The van der Waals surface area contributed by atoms with Crippen LogP contribution in [0.5, 0.6) is 0 Å². The van der Waals surface area contributed by atoms with Crippen LogP contribution < -0.4 is 16.0 Å². The third-order valence-corrected chi connectivity index (χ3v) is 4.28. The molecule has 5 nitrogen and oxygen atoms in total. The quantitative estimate of drug-likeness (QED) is 0.665. The molecule has 0 aliphatic rings. The maximum absolute atomic E-state index is 13.7. The zero-order chi connectivity index (χ0) is 19.6. The Morgan fingerprint density at radius 3 is 2.44 bits per heavy atom. The summed E-state index contributed by atoms with van der Waals surface area (Å²) in [5, 5.41) is 6.71. The van der Waals surface area contributed by atoms with E-state index in [2.05, 4.69) is 17.6 Å². The van der Waals surface area contributed by atoms with Gasteiger partial charge in [0.25, 0.3) is 5.91 Å². The number of hydrogen-bond donors (Lipinski definition) is 3. The maximum atomic E-state index is 13.7. The van der Waals surface area contributed by atoms with Crippen LogP contribution in [-0.4, -0.2) is 25.0 Å². The Bertz CT molecular complexity index is 762. The molecule has 4 N–H and O–H groups in total. The predicted octanol–water partition coefficient (Wildman–Crippen LogP) is 2.28. The van der Waals surface area contributed by atoms with Crippen LogP contribution in [0.25, 0.3) is 0 Å². The molecule has 0 heterocycles. The first-order chi connectivity index (χ1) is 13.0. The van der Waals surface area contributed by atoms with Gasteiger partial charge in [-0.1, -0.05) is 50.2 Å². The standard InChI is InChI=1S/C21H26FN3O2/c1-3-12-23-21(27)25-19(26)14-24-20(17-6-5-7-18(22)13-17)16-10-8-15(4-2)9-11-16/h5-11,13,20,24H,3-4,12,14H2,1-2H3,(H2,23,25,26,27)/p+1/t20-/m0/s1. The van der Waals surface area contributed by atoms with E-state index < -0.39 is 11.9 Å². The van der Waals surface area contributed by atoms with Gasteiger partial charge in [0.1, 0.15) is 11.9 Å². The van der Waals surface area contributed by atoms with Crippen LogP contribution in [0.4, 0.5) is 9.18 Å². The van der Waals surface area contributed by atoms with Crippen molar-refractivity contribution < 1.29 is 19.3 Å². The van der Waals surface area contributed by atoms with Crippen LogP contribution in [0.3, 0.4) is 0 Å². The number of rotatable bonds is 8. The highest BCUT2D eigenvalue weighted by Gasteiger charge is 2.20. The largest absolute Gasteiger partial charge is 0.338 e. The fraction of sp³-hybridized carbons (Fsp3) is 0.333. The number of halogens is 1. The van der Waals surface area contributed by atoms with E-state index in [9.17, 15) is 14.0 Å². The molecule has 0 radical (unpaired) electrons. The zero-order valence-electron chi connectivity index (χ0n) is 15.8. The molecule has 6 heteroatoms. The summed E-state index contributed by atoms with van der Waals surface area (Å²) in [6.45, 7) is 4.58. The number of hydrogen-bond acceptors (Lipinski definition) is 2. The number of aryl methyl sites for hydroxylation is 1. The molecule has 144 valence electrons. The lowest BCUT2D eigenvalue weighted by Crippen LogP contribution is -2.88. The average Bonchev–Trinajstić information content (AvgIpc) is 2.67. The number of imide groups is 1. The smallest absolute Gasteiger partial charge is 0.321 e. The molecule has 0 aromatic heterocycles. The minimum atomic E-state index is -0.496. The van der Waals surface area contributed by atoms with E-state index in [1.165, 1.54) is 17.7 Å². The van der Waals surface area contributed by atoms with Crippen LogP contribution >= 0.6 is 0 Å². The van der Waals surface area contributed by atoms with Gasteiger partial charge in [-0.15, -0.1) is 0 Å². The van der Waals surface area contributed by atoms with Crippen molar-refractivity contribution in [2.24, 2.45) is 0 Å². The van der Waals surface area contributed by atoms with Gasteiger partial charge >= 0.3 is 6.03 Å². The predicted molar refractivity (Wildman–Crippen MR) is 103 cm³/mol. The fourth-order valence-electron chi connectivity index (χ4n) is 2.81. The lowest BCUT2D eigenvalue weighted by molar-refractivity contribution is -0.676. The summed E-state index contributed by atoms with van der Waals surface area (Å²) in [5.74, 6) is -0.713. The fourth-order valence-corrected chi connectivity index (χ4v) is 2.81. The summed E-state index contributed by atoms with van der Waals surface area (Å²) in [7, 11) is 0. The molecule has 0 saturated carbocycles. The number of benzene rings is 2. The number of nitrogens with one attached hydrogen (secondary N) is 2. The number of carbonyl (C=O) groups excluding carboxylic acids is 2. The first kappa shape index (κ1) is 20.6. The van der Waals surface area contributed by atoms with Crippen molar-refractivity contribution in [2.45, 2.75) is 32.7 Å². The van der Waals surface area contributed by atoms with Gasteiger partial charge in [0, 0.05) is 17.7 Å². The third-order valence-electron chi connectivity index (χ3n) is 4.28. The van der Waals surface area contributed by atoms with Crippen molar-refractivity contribution >= 4 is 11.9 Å². The number of carbonyl (C=O) groups is 2. The molecule has 3 amide bonds. The molecule has 0 aliphatic heterocycles. The molecule has 27 heavy (non-hydrogen) atoms. The number of amides is 3. The van der Waals surface area contributed by atoms with E-state index >= 15 is 0 Å². The molecule has 2 aromatic rings. The molecule has 0 spiro atoms. The van der Waals surface area contributed by atoms with E-state index in [1.807, 2.05) is 37.3 Å². The molecule has 0 fully saturated rings. The van der Waals surface area contributed by atoms with E-state index in [0.29, 0.717) is 6.54 Å². The monoisotopic (exact) mass is 372 g/mol. The van der Waals surface area contributed by atoms with Gasteiger partial charge < -0.3 is 10.6 Å². The van der Waals surface area contributed by atoms with E-state index in [-0.39, 0.29) is 18.4 Å². The van der Waals surface area contributed by atoms with Crippen molar-refractivity contribution in [3.8, 4) is 0 Å². The van der Waals surface area contributed by atoms with Crippen LogP contribution in [0.1, 0.15) is 43.0 Å². The lowest BCUT2D eigenvalue weighted by atomic mass is 9.97. The Morgan fingerprint density at radius 1 is 1.07 bits per heavy atom. The van der Waals surface area contributed by atoms with Crippen LogP contribution in [0.15, 0.2) is 48.5 Å². The maximum Gasteiger partial charge on any atom is 0.321 e. The minimum Gasteiger partial charge on any atom is -0.338 e. The minimum absolute atomic E-state index is 0.0518. The average molecular weight is 372 g/mol. The second-order valence-corrected chi connectivity index (χ2v) is 6.37. The summed E-state index contributed by atoms with van der Waals surface area (Å²) >= 11 is 0. The van der Waals surface area contributed by atoms with Crippen LogP contribution in [-0.2, 0) is 11.2 Å². The summed E-state index contributed by atoms with van der Waals surface area (Å²) in [6.07, 6.45) is 1.73. The Kier molecular flexibility index (Phi) is 7.95. The molecule has 0 saturated heterocycles. The molecule has 0 unspecified atom stereocenters. The van der Waals surface area contributed by atoms with Crippen molar-refractivity contribution in [1.82, 2.24) is 10.6 Å². The van der Waals surface area contributed by atoms with Gasteiger partial charge in [-0.3, -0.25) is 10.1 Å². The molecule has 0 bridgehead atoms. The number of quaternary nitrogens is 1.